The highest BCUT2D eigenvalue weighted by Gasteiger charge is 2.24. The maximum absolute atomic E-state index is 12.6. The van der Waals surface area contributed by atoms with Crippen LogP contribution in [0.25, 0.3) is 0 Å². The Hall–Kier alpha value is -2.56. The first-order valence-corrected chi connectivity index (χ1v) is 9.03. The lowest BCUT2D eigenvalue weighted by molar-refractivity contribution is -0.121. The van der Waals surface area contributed by atoms with Gasteiger partial charge in [-0.15, -0.1) is 0 Å². The molecule has 2 N–H and O–H groups in total. The summed E-state index contributed by atoms with van der Waals surface area (Å²) in [6.07, 6.45) is 2.68. The Kier molecular flexibility index (Phi) is 6.61. The Morgan fingerprint density at radius 1 is 1.15 bits per heavy atom. The molecule has 0 aliphatic carbocycles. The van der Waals surface area contributed by atoms with E-state index >= 15 is 0 Å². The molecule has 0 aliphatic rings. The van der Waals surface area contributed by atoms with E-state index in [-0.39, 0.29) is 29.7 Å². The van der Waals surface area contributed by atoms with E-state index in [1.165, 1.54) is 0 Å². The Labute approximate surface area is 155 Å². The number of furan rings is 1. The highest BCUT2D eigenvalue weighted by Crippen LogP contribution is 2.29. The molecular weight excluding hydrogens is 328 g/mol. The summed E-state index contributed by atoms with van der Waals surface area (Å²) in [7, 11) is 0. The molecule has 0 fully saturated rings. The van der Waals surface area contributed by atoms with Gasteiger partial charge in [0, 0.05) is 18.2 Å². The molecule has 0 bridgehead atoms. The average molecular weight is 356 g/mol. The summed E-state index contributed by atoms with van der Waals surface area (Å²) in [5.41, 5.74) is 1.65. The first-order valence-electron chi connectivity index (χ1n) is 9.03. The van der Waals surface area contributed by atoms with Crippen molar-refractivity contribution < 1.29 is 14.0 Å². The number of amides is 2. The number of rotatable bonds is 8. The van der Waals surface area contributed by atoms with Gasteiger partial charge in [-0.05, 0) is 42.5 Å². The van der Waals surface area contributed by atoms with Crippen LogP contribution in [-0.4, -0.2) is 24.4 Å². The molecule has 2 aromatic rings. The predicted molar refractivity (Wildman–Crippen MR) is 102 cm³/mol. The molecule has 1 atom stereocenters. The average Bonchev–Trinajstić information content (AvgIpc) is 3.12. The second-order valence-corrected chi connectivity index (χ2v) is 7.22. The first kappa shape index (κ1) is 19.8. The van der Waals surface area contributed by atoms with Crippen molar-refractivity contribution in [3.8, 4) is 0 Å². The summed E-state index contributed by atoms with van der Waals surface area (Å²) in [5, 5.41) is 5.79. The monoisotopic (exact) mass is 356 g/mol. The molecule has 2 amide bonds. The van der Waals surface area contributed by atoms with E-state index in [2.05, 4.69) is 31.4 Å². The third kappa shape index (κ3) is 5.22. The van der Waals surface area contributed by atoms with E-state index in [0.717, 1.165) is 12.0 Å². The zero-order chi connectivity index (χ0) is 19.2. The number of hydrogen-bond donors (Lipinski definition) is 2. The van der Waals surface area contributed by atoms with Crippen LogP contribution in [0.15, 0.2) is 47.1 Å². The molecule has 26 heavy (non-hydrogen) atoms. The smallest absolute Gasteiger partial charge is 0.251 e. The molecular formula is C21H28N2O3. The maximum atomic E-state index is 12.6. The fourth-order valence-electron chi connectivity index (χ4n) is 2.75. The van der Waals surface area contributed by atoms with Crippen molar-refractivity contribution in [2.45, 2.75) is 52.0 Å². The van der Waals surface area contributed by atoms with Crippen LogP contribution in [0.4, 0.5) is 0 Å². The predicted octanol–water partition coefficient (Wildman–Crippen LogP) is 3.44. The van der Waals surface area contributed by atoms with Gasteiger partial charge < -0.3 is 15.1 Å². The Bertz CT molecular complexity index is 735. The number of carbonyl (C=O) groups excluding carboxylic acids is 2. The van der Waals surface area contributed by atoms with Crippen molar-refractivity contribution in [2.24, 2.45) is 0 Å². The van der Waals surface area contributed by atoms with Crippen LogP contribution >= 0.6 is 0 Å². The van der Waals surface area contributed by atoms with Crippen molar-refractivity contribution >= 4 is 11.8 Å². The van der Waals surface area contributed by atoms with Crippen molar-refractivity contribution in [2.75, 3.05) is 6.54 Å². The third-order valence-corrected chi connectivity index (χ3v) is 4.68. The fourth-order valence-corrected chi connectivity index (χ4v) is 2.75. The summed E-state index contributed by atoms with van der Waals surface area (Å²) < 4.78 is 5.17. The topological polar surface area (TPSA) is 71.3 Å². The van der Waals surface area contributed by atoms with E-state index in [0.29, 0.717) is 17.9 Å². The quantitative estimate of drug-likeness (QED) is 0.761. The van der Waals surface area contributed by atoms with Gasteiger partial charge in [0.1, 0.15) is 5.76 Å². The lowest BCUT2D eigenvalue weighted by atomic mass is 9.79. The second-order valence-electron chi connectivity index (χ2n) is 7.22. The molecule has 0 saturated carbocycles. The van der Waals surface area contributed by atoms with Gasteiger partial charge in [-0.1, -0.05) is 39.0 Å². The van der Waals surface area contributed by atoms with Gasteiger partial charge in [0.05, 0.1) is 12.7 Å². The van der Waals surface area contributed by atoms with Crippen LogP contribution in [-0.2, 0) is 16.6 Å². The molecule has 5 nitrogen and oxygen atoms in total. The van der Waals surface area contributed by atoms with Crippen molar-refractivity contribution in [3.63, 3.8) is 0 Å². The normalized spacial score (nSPS) is 12.5. The molecule has 0 aliphatic heterocycles. The van der Waals surface area contributed by atoms with Gasteiger partial charge in [-0.25, -0.2) is 0 Å². The van der Waals surface area contributed by atoms with Gasteiger partial charge in [-0.2, -0.15) is 0 Å². The lowest BCUT2D eigenvalue weighted by Gasteiger charge is -2.26. The first-order chi connectivity index (χ1) is 12.3. The zero-order valence-electron chi connectivity index (χ0n) is 16.0. The van der Waals surface area contributed by atoms with Crippen LogP contribution in [0, 0.1) is 0 Å². The van der Waals surface area contributed by atoms with Gasteiger partial charge >= 0.3 is 0 Å². The maximum Gasteiger partial charge on any atom is 0.251 e. The van der Waals surface area contributed by atoms with E-state index in [9.17, 15) is 9.59 Å². The molecule has 140 valence electrons. The van der Waals surface area contributed by atoms with Crippen LogP contribution in [0.3, 0.4) is 0 Å². The highest BCUT2D eigenvalue weighted by molar-refractivity contribution is 5.96. The zero-order valence-corrected chi connectivity index (χ0v) is 16.0. The molecule has 0 radical (unpaired) electrons. The Balaban J connectivity index is 1.91. The summed E-state index contributed by atoms with van der Waals surface area (Å²) in [5.74, 6) is 0.373. The minimum atomic E-state index is -0.173. The van der Waals surface area contributed by atoms with E-state index in [1.54, 1.807) is 18.4 Å². The third-order valence-electron chi connectivity index (χ3n) is 4.68. The number of carbonyl (C=O) groups is 2. The minimum absolute atomic E-state index is 0.0726. The standard InChI is InChI=1S/C21H28N2O3/c1-5-21(3,4)18-11-7-6-10-17(18)20(25)22-14-15(2)23-19(24)13-16-9-8-12-26-16/h6-12,15H,5,13-14H2,1-4H3,(H,22,25)(H,23,24)/t15-/m1/s1. The molecule has 0 spiro atoms. The molecule has 0 saturated heterocycles. The van der Waals surface area contributed by atoms with Crippen LogP contribution in [0.5, 0.6) is 0 Å². The number of benzene rings is 1. The molecule has 2 rings (SSSR count). The number of hydrogen-bond acceptors (Lipinski definition) is 3. The van der Waals surface area contributed by atoms with E-state index in [4.69, 9.17) is 4.42 Å². The molecule has 5 heteroatoms. The SMILES string of the molecule is CCC(C)(C)c1ccccc1C(=O)NC[C@@H](C)NC(=O)Cc1ccco1. The molecule has 0 unspecified atom stereocenters. The van der Waals surface area contributed by atoms with Crippen LogP contribution in [0.1, 0.15) is 55.8 Å². The van der Waals surface area contributed by atoms with Crippen LogP contribution in [0.2, 0.25) is 0 Å². The molecule has 1 heterocycles. The highest BCUT2D eigenvalue weighted by atomic mass is 16.3. The summed E-state index contributed by atoms with van der Waals surface area (Å²) in [6, 6.07) is 11.0. The van der Waals surface area contributed by atoms with Gasteiger partial charge in [0.25, 0.3) is 5.91 Å². The van der Waals surface area contributed by atoms with Crippen molar-refractivity contribution in [1.82, 2.24) is 10.6 Å². The Morgan fingerprint density at radius 2 is 1.88 bits per heavy atom. The largest absolute Gasteiger partial charge is 0.469 e. The molecule has 1 aromatic carbocycles. The minimum Gasteiger partial charge on any atom is -0.469 e. The fraction of sp³-hybridized carbons (Fsp3) is 0.429. The lowest BCUT2D eigenvalue weighted by Crippen LogP contribution is -2.42. The number of nitrogens with one attached hydrogen (secondary N) is 2. The van der Waals surface area contributed by atoms with Gasteiger partial charge in [0.15, 0.2) is 0 Å². The molecule has 1 aromatic heterocycles. The van der Waals surface area contributed by atoms with Crippen LogP contribution < -0.4 is 10.6 Å². The Morgan fingerprint density at radius 3 is 2.54 bits per heavy atom. The summed E-state index contributed by atoms with van der Waals surface area (Å²) >= 11 is 0. The van der Waals surface area contributed by atoms with Crippen molar-refractivity contribution in [1.29, 1.82) is 0 Å². The van der Waals surface area contributed by atoms with Crippen molar-refractivity contribution in [3.05, 3.63) is 59.5 Å². The van der Waals surface area contributed by atoms with Gasteiger partial charge in [0.2, 0.25) is 5.91 Å². The summed E-state index contributed by atoms with van der Waals surface area (Å²) in [4.78, 5) is 24.6. The van der Waals surface area contributed by atoms with E-state index < -0.39 is 0 Å². The second kappa shape index (κ2) is 8.70. The summed E-state index contributed by atoms with van der Waals surface area (Å²) in [6.45, 7) is 8.62. The van der Waals surface area contributed by atoms with E-state index in [1.807, 2.05) is 31.2 Å². The van der Waals surface area contributed by atoms with Gasteiger partial charge in [-0.3, -0.25) is 9.59 Å².